The summed E-state index contributed by atoms with van der Waals surface area (Å²) in [6, 6.07) is 18.4. The summed E-state index contributed by atoms with van der Waals surface area (Å²) in [5.41, 5.74) is 8.06. The number of aromatic nitrogens is 6. The van der Waals surface area contributed by atoms with Crippen molar-refractivity contribution in [2.24, 2.45) is 0 Å². The number of hydrogen-bond donors (Lipinski definition) is 4. The zero-order chi connectivity index (χ0) is 61.1. The first-order chi connectivity index (χ1) is 39.9. The highest BCUT2D eigenvalue weighted by Crippen LogP contribution is 2.25. The molecule has 3 aromatic carbocycles. The molecular weight excluding hydrogens is 1210 g/mol. The minimum absolute atomic E-state index is 0.0405. The molecule has 0 spiro atoms. The molecule has 0 fully saturated rings. The highest BCUT2D eigenvalue weighted by molar-refractivity contribution is 7.99. The van der Waals surface area contributed by atoms with Gasteiger partial charge in [0.1, 0.15) is 0 Å². The van der Waals surface area contributed by atoms with Crippen molar-refractivity contribution in [3.8, 4) is 6.07 Å². The van der Waals surface area contributed by atoms with E-state index in [1.807, 2.05) is 6.07 Å². The number of nitro groups is 1. The smallest absolute Gasteiger partial charge is 0.328 e. The molecule has 3 aliphatic heterocycles. The van der Waals surface area contributed by atoms with Crippen LogP contribution in [0.4, 0.5) is 11.4 Å². The van der Waals surface area contributed by atoms with Gasteiger partial charge >= 0.3 is 17.1 Å². The van der Waals surface area contributed by atoms with E-state index in [0.29, 0.717) is 96.8 Å². The maximum Gasteiger partial charge on any atom is 0.328 e. The SMILES string of the molecule is CN(CCCn1c2c(c(=O)[nH]c1=O)CSCC2)S(=O)(=O)c1ccc(C#N)cc1.CN(CCCn1c2c(c(=O)[nH]c1=O)CSCC2)S(=O)(=O)c1ccc(N)cc1.CN(CCCn1c2c(c(=O)[nH]c1=O)CSCC2)S(=O)(=O)c1ccc([N+](=O)[O-])cc1. The number of aromatic amines is 3. The first-order valence-electron chi connectivity index (χ1n) is 26.1. The number of benzene rings is 3. The number of rotatable bonds is 19. The van der Waals surface area contributed by atoms with Gasteiger partial charge in [0.05, 0.1) is 31.2 Å². The molecule has 0 aliphatic carbocycles. The van der Waals surface area contributed by atoms with E-state index in [0.717, 1.165) is 50.8 Å². The standard InChI is InChI=1S/C18H20N4O4S2.C17H20N4O6S2.C17H22N4O4S2/c1-21(28(25,26)14-5-3-13(11-19)4-6-14)8-2-9-22-16-7-10-27-12-15(16)17(23)20-18(22)24;1-19(29(26,27)13-5-3-12(4-6-13)21(24)25)8-2-9-20-15-7-10-28-11-14(15)16(22)18-17(20)23;1-20(27(24,25)13-5-3-12(18)4-6-13)8-2-9-21-15-7-10-26-11-14(15)16(22)19-17(21)23/h3-6H,2,7-10,12H2,1H3,(H,20,23,24);3-6H,2,7-11H2,1H3,(H,18,22,23);3-6H,2,7-11,18H2,1H3,(H,19,22,23). The van der Waals surface area contributed by atoms with Crippen molar-refractivity contribution in [3.63, 3.8) is 0 Å². The summed E-state index contributed by atoms with van der Waals surface area (Å²) >= 11 is 4.95. The van der Waals surface area contributed by atoms with Crippen LogP contribution in [0.5, 0.6) is 0 Å². The fourth-order valence-electron chi connectivity index (χ4n) is 9.35. The Morgan fingerprint density at radius 1 is 0.536 bits per heavy atom. The number of sulfonamides is 3. The Bertz CT molecular complexity index is 4160. The number of nitrogen functional groups attached to an aromatic ring is 1. The van der Waals surface area contributed by atoms with E-state index < -0.39 is 52.1 Å². The molecule has 6 aromatic rings. The molecule has 0 atom stereocenters. The lowest BCUT2D eigenvalue weighted by Crippen LogP contribution is -2.37. The Kier molecular flexibility index (Phi) is 21.9. The van der Waals surface area contributed by atoms with Crippen LogP contribution in [0.1, 0.15) is 58.6 Å². The third kappa shape index (κ3) is 15.3. The summed E-state index contributed by atoms with van der Waals surface area (Å²) in [6.45, 7) is 1.58. The Morgan fingerprint density at radius 3 is 1.13 bits per heavy atom. The highest BCUT2D eigenvalue weighted by Gasteiger charge is 2.26. The van der Waals surface area contributed by atoms with Gasteiger partial charge in [-0.3, -0.25) is 53.2 Å². The summed E-state index contributed by atoms with van der Waals surface area (Å²) in [5, 5.41) is 19.5. The van der Waals surface area contributed by atoms with Crippen molar-refractivity contribution in [2.75, 3.05) is 63.8 Å². The monoisotopic (exact) mass is 1270 g/mol. The predicted molar refractivity (Wildman–Crippen MR) is 322 cm³/mol. The topological polar surface area (TPSA) is 370 Å². The van der Waals surface area contributed by atoms with Gasteiger partial charge in [-0.1, -0.05) is 0 Å². The van der Waals surface area contributed by atoms with Crippen LogP contribution in [0.25, 0.3) is 0 Å². The molecule has 26 nitrogen and oxygen atoms in total. The van der Waals surface area contributed by atoms with Crippen LogP contribution in [0, 0.1) is 21.4 Å². The lowest BCUT2D eigenvalue weighted by atomic mass is 10.2. The molecule has 450 valence electrons. The van der Waals surface area contributed by atoms with Crippen LogP contribution in [-0.2, 0) is 86.2 Å². The number of non-ortho nitro benzene ring substituents is 1. The molecule has 0 bridgehead atoms. The Balaban J connectivity index is 0.000000181. The number of fused-ring (bicyclic) bond motifs is 3. The molecular formula is C52H62N12O14S6. The first kappa shape index (κ1) is 64.7. The molecule has 0 amide bonds. The molecule has 3 aromatic heterocycles. The fraction of sp³-hybridized carbons (Fsp3) is 0.404. The fourth-order valence-corrected chi connectivity index (χ4v) is 15.9. The zero-order valence-electron chi connectivity index (χ0n) is 46.0. The van der Waals surface area contributed by atoms with E-state index in [2.05, 4.69) is 15.0 Å². The summed E-state index contributed by atoms with van der Waals surface area (Å²) in [6.07, 6.45) is 3.19. The van der Waals surface area contributed by atoms with E-state index in [9.17, 15) is 64.1 Å². The summed E-state index contributed by atoms with van der Waals surface area (Å²) in [5.74, 6) is 4.27. The molecule has 84 heavy (non-hydrogen) atoms. The van der Waals surface area contributed by atoms with E-state index in [-0.39, 0.29) is 63.2 Å². The van der Waals surface area contributed by atoms with E-state index in [4.69, 9.17) is 11.0 Å². The molecule has 0 unspecified atom stereocenters. The number of hydrogen-bond acceptors (Lipinski definition) is 19. The number of thioether (sulfide) groups is 3. The van der Waals surface area contributed by atoms with Crippen LogP contribution < -0.4 is 39.5 Å². The number of H-pyrrole nitrogens is 3. The number of nitro benzene ring substituents is 1. The largest absolute Gasteiger partial charge is 0.399 e. The van der Waals surface area contributed by atoms with Gasteiger partial charge in [0.15, 0.2) is 0 Å². The maximum atomic E-state index is 12.6. The molecule has 5 N–H and O–H groups in total. The summed E-state index contributed by atoms with van der Waals surface area (Å²) in [4.78, 5) is 89.9. The van der Waals surface area contributed by atoms with Crippen LogP contribution in [0.2, 0.25) is 0 Å². The van der Waals surface area contributed by atoms with Gasteiger partial charge in [-0.25, -0.2) is 52.6 Å². The van der Waals surface area contributed by atoms with Crippen molar-refractivity contribution in [1.29, 1.82) is 5.26 Å². The van der Waals surface area contributed by atoms with Crippen molar-refractivity contribution in [3.05, 3.63) is 185 Å². The minimum atomic E-state index is -3.81. The number of nitrogens with two attached hydrogens (primary N) is 1. The van der Waals surface area contributed by atoms with Crippen LogP contribution >= 0.6 is 35.3 Å². The average Bonchev–Trinajstić information content (AvgIpc) is 3.48. The lowest BCUT2D eigenvalue weighted by Gasteiger charge is -2.21. The molecule has 32 heteroatoms. The highest BCUT2D eigenvalue weighted by atomic mass is 32.2. The normalized spacial score (nSPS) is 14.1. The summed E-state index contributed by atoms with van der Waals surface area (Å²) in [7, 11) is -6.70. The van der Waals surface area contributed by atoms with E-state index in [1.54, 1.807) is 56.6 Å². The molecule has 9 rings (SSSR count). The molecule has 6 heterocycles. The van der Waals surface area contributed by atoms with Crippen LogP contribution in [0.15, 0.2) is 116 Å². The van der Waals surface area contributed by atoms with E-state index >= 15 is 0 Å². The van der Waals surface area contributed by atoms with Gasteiger partial charge in [0.2, 0.25) is 30.1 Å². The lowest BCUT2D eigenvalue weighted by molar-refractivity contribution is -0.384. The van der Waals surface area contributed by atoms with Crippen LogP contribution in [0.3, 0.4) is 0 Å². The second-order valence-corrected chi connectivity index (χ2v) is 28.9. The second-order valence-electron chi connectivity index (χ2n) is 19.4. The molecule has 0 saturated heterocycles. The van der Waals surface area contributed by atoms with Crippen molar-refractivity contribution in [1.82, 2.24) is 41.6 Å². The van der Waals surface area contributed by atoms with E-state index in [1.165, 1.54) is 82.9 Å². The van der Waals surface area contributed by atoms with Crippen molar-refractivity contribution in [2.45, 2.75) is 90.1 Å². The van der Waals surface area contributed by atoms with Gasteiger partial charge in [0, 0.05) is 129 Å². The number of nitriles is 1. The number of nitrogens with one attached hydrogen (secondary N) is 3. The average molecular weight is 1270 g/mol. The molecule has 3 aliphatic rings. The number of nitrogens with zero attached hydrogens (tertiary/aromatic N) is 8. The first-order valence-corrected chi connectivity index (χ1v) is 33.9. The van der Waals surface area contributed by atoms with Crippen molar-refractivity contribution >= 4 is 76.7 Å². The van der Waals surface area contributed by atoms with Crippen molar-refractivity contribution < 1.29 is 30.2 Å². The molecule has 0 radical (unpaired) electrons. The Labute approximate surface area is 495 Å². The second kappa shape index (κ2) is 28.4. The third-order valence-corrected chi connectivity index (χ3v) is 22.6. The minimum Gasteiger partial charge on any atom is -0.399 e. The molecule has 0 saturated carbocycles. The van der Waals surface area contributed by atoms with Gasteiger partial charge in [-0.15, -0.1) is 0 Å². The van der Waals surface area contributed by atoms with Crippen LogP contribution in [-0.4, -0.2) is 130 Å². The predicted octanol–water partition coefficient (Wildman–Crippen LogP) is 2.47. The zero-order valence-corrected chi connectivity index (χ0v) is 50.9. The number of anilines is 1. The van der Waals surface area contributed by atoms with Gasteiger partial charge in [-0.05, 0) is 116 Å². The van der Waals surface area contributed by atoms with Gasteiger partial charge in [-0.2, -0.15) is 40.5 Å². The summed E-state index contributed by atoms with van der Waals surface area (Å²) < 4.78 is 84.0. The maximum absolute atomic E-state index is 12.6. The third-order valence-electron chi connectivity index (χ3n) is 14.0. The Morgan fingerprint density at radius 2 is 0.833 bits per heavy atom. The quantitative estimate of drug-likeness (QED) is 0.0514. The van der Waals surface area contributed by atoms with Gasteiger partial charge < -0.3 is 5.73 Å². The van der Waals surface area contributed by atoms with Gasteiger partial charge in [0.25, 0.3) is 22.4 Å². The Hall–Kier alpha value is -6.83.